The van der Waals surface area contributed by atoms with Gasteiger partial charge in [-0.3, -0.25) is 4.68 Å². The molecule has 0 aromatic carbocycles. The number of rotatable bonds is 2. The van der Waals surface area contributed by atoms with Gasteiger partial charge in [-0.1, -0.05) is 0 Å². The molecule has 1 saturated heterocycles. The third-order valence-electron chi connectivity index (χ3n) is 3.32. The van der Waals surface area contributed by atoms with Gasteiger partial charge in [-0.15, -0.1) is 0 Å². The van der Waals surface area contributed by atoms with Crippen LogP contribution in [0.5, 0.6) is 0 Å². The molecule has 1 aromatic heterocycles. The summed E-state index contributed by atoms with van der Waals surface area (Å²) in [6, 6.07) is 0.558. The predicted octanol–water partition coefficient (Wildman–Crippen LogP) is 2.45. The van der Waals surface area contributed by atoms with Crippen molar-refractivity contribution in [3.63, 3.8) is 0 Å². The topological polar surface area (TPSA) is 29.9 Å². The van der Waals surface area contributed by atoms with Crippen LogP contribution in [0.1, 0.15) is 43.3 Å². The number of halogens is 1. The van der Waals surface area contributed by atoms with Gasteiger partial charge in [-0.2, -0.15) is 5.10 Å². The molecule has 0 spiro atoms. The van der Waals surface area contributed by atoms with Crippen molar-refractivity contribution in [2.24, 2.45) is 0 Å². The van der Waals surface area contributed by atoms with Crippen LogP contribution in [0.3, 0.4) is 0 Å². The summed E-state index contributed by atoms with van der Waals surface area (Å²) in [7, 11) is 0. The molecule has 3 nitrogen and oxygen atoms in total. The average molecular weight is 270 g/mol. The number of nitrogens with one attached hydrogen (secondary N) is 1. The van der Waals surface area contributed by atoms with Crippen LogP contribution < -0.4 is 5.32 Å². The Morgan fingerprint density at radius 1 is 1.40 bits per heavy atom. The van der Waals surface area contributed by atoms with Gasteiger partial charge in [-0.05, 0) is 48.2 Å². The largest absolute Gasteiger partial charge is 0.315 e. The SMILES string of the molecule is Brc1cn(C2CCCNC2)nc1C1CC1. The molecule has 1 unspecified atom stereocenters. The molecule has 2 heterocycles. The minimum Gasteiger partial charge on any atom is -0.315 e. The standard InChI is InChI=1S/C11H16BrN3/c12-10-7-15(9-2-1-5-13-6-9)14-11(10)8-3-4-8/h7-9,13H,1-6H2. The van der Waals surface area contributed by atoms with E-state index in [4.69, 9.17) is 5.10 Å². The molecule has 2 aliphatic rings. The molecule has 1 atom stereocenters. The fourth-order valence-corrected chi connectivity index (χ4v) is 2.88. The van der Waals surface area contributed by atoms with Crippen molar-refractivity contribution in [2.75, 3.05) is 13.1 Å². The van der Waals surface area contributed by atoms with Crippen LogP contribution in [0.2, 0.25) is 0 Å². The van der Waals surface area contributed by atoms with E-state index in [1.54, 1.807) is 0 Å². The molecule has 1 N–H and O–H groups in total. The highest BCUT2D eigenvalue weighted by molar-refractivity contribution is 9.10. The highest BCUT2D eigenvalue weighted by atomic mass is 79.9. The molecule has 1 aromatic rings. The molecule has 3 rings (SSSR count). The molecule has 1 aliphatic carbocycles. The highest BCUT2D eigenvalue weighted by Crippen LogP contribution is 2.42. The Kier molecular flexibility index (Phi) is 2.56. The molecule has 0 bridgehead atoms. The summed E-state index contributed by atoms with van der Waals surface area (Å²) < 4.78 is 3.36. The second kappa shape index (κ2) is 3.91. The molecule has 0 amide bonds. The number of piperidine rings is 1. The Bertz CT molecular complexity index is 351. The zero-order valence-electron chi connectivity index (χ0n) is 8.75. The van der Waals surface area contributed by atoms with E-state index in [9.17, 15) is 0 Å². The third-order valence-corrected chi connectivity index (χ3v) is 3.93. The van der Waals surface area contributed by atoms with E-state index in [-0.39, 0.29) is 0 Å². The minimum absolute atomic E-state index is 0.558. The zero-order valence-corrected chi connectivity index (χ0v) is 10.3. The number of hydrogen-bond donors (Lipinski definition) is 1. The number of nitrogens with zero attached hydrogens (tertiary/aromatic N) is 2. The summed E-state index contributed by atoms with van der Waals surface area (Å²) in [6.07, 6.45) is 7.31. The van der Waals surface area contributed by atoms with Gasteiger partial charge in [0.05, 0.1) is 16.2 Å². The molecule has 15 heavy (non-hydrogen) atoms. The van der Waals surface area contributed by atoms with Gasteiger partial charge in [0.2, 0.25) is 0 Å². The van der Waals surface area contributed by atoms with E-state index in [0.717, 1.165) is 19.0 Å². The number of aromatic nitrogens is 2. The second-order valence-corrected chi connectivity index (χ2v) is 5.47. The van der Waals surface area contributed by atoms with Crippen LogP contribution in [0, 0.1) is 0 Å². The lowest BCUT2D eigenvalue weighted by atomic mass is 10.1. The van der Waals surface area contributed by atoms with Gasteiger partial charge in [0.25, 0.3) is 0 Å². The Labute approximate surface area is 98.4 Å². The van der Waals surface area contributed by atoms with Crippen molar-refractivity contribution in [2.45, 2.75) is 37.6 Å². The van der Waals surface area contributed by atoms with Crippen LogP contribution in [-0.4, -0.2) is 22.9 Å². The summed E-state index contributed by atoms with van der Waals surface area (Å²) in [4.78, 5) is 0. The summed E-state index contributed by atoms with van der Waals surface area (Å²) in [5.74, 6) is 0.733. The van der Waals surface area contributed by atoms with Gasteiger partial charge in [0.1, 0.15) is 0 Å². The quantitative estimate of drug-likeness (QED) is 0.894. The van der Waals surface area contributed by atoms with Gasteiger partial charge >= 0.3 is 0 Å². The highest BCUT2D eigenvalue weighted by Gasteiger charge is 2.29. The fraction of sp³-hybridized carbons (Fsp3) is 0.727. The number of hydrogen-bond acceptors (Lipinski definition) is 2. The Morgan fingerprint density at radius 2 is 2.27 bits per heavy atom. The monoisotopic (exact) mass is 269 g/mol. The van der Waals surface area contributed by atoms with E-state index in [0.29, 0.717) is 6.04 Å². The lowest BCUT2D eigenvalue weighted by Gasteiger charge is -2.22. The minimum atomic E-state index is 0.558. The van der Waals surface area contributed by atoms with Crippen molar-refractivity contribution >= 4 is 15.9 Å². The van der Waals surface area contributed by atoms with E-state index in [1.165, 1.54) is 35.8 Å². The first-order valence-electron chi connectivity index (χ1n) is 5.80. The van der Waals surface area contributed by atoms with Crippen LogP contribution in [0.4, 0.5) is 0 Å². The molecule has 1 aliphatic heterocycles. The van der Waals surface area contributed by atoms with Crippen molar-refractivity contribution < 1.29 is 0 Å². The lowest BCUT2D eigenvalue weighted by molar-refractivity contribution is 0.345. The normalized spacial score (nSPS) is 26.9. The van der Waals surface area contributed by atoms with E-state index >= 15 is 0 Å². The summed E-state index contributed by atoms with van der Waals surface area (Å²) in [5, 5.41) is 8.16. The lowest BCUT2D eigenvalue weighted by Crippen LogP contribution is -2.31. The maximum Gasteiger partial charge on any atom is 0.0797 e. The summed E-state index contributed by atoms with van der Waals surface area (Å²) in [5.41, 5.74) is 1.28. The van der Waals surface area contributed by atoms with Crippen LogP contribution in [0.15, 0.2) is 10.7 Å². The predicted molar refractivity (Wildman–Crippen MR) is 63.0 cm³/mol. The molecule has 2 fully saturated rings. The van der Waals surface area contributed by atoms with Gasteiger partial charge in [0, 0.05) is 18.7 Å². The van der Waals surface area contributed by atoms with Gasteiger partial charge in [0.15, 0.2) is 0 Å². The molecular weight excluding hydrogens is 254 g/mol. The first-order valence-corrected chi connectivity index (χ1v) is 6.59. The Balaban J connectivity index is 1.81. The van der Waals surface area contributed by atoms with Crippen LogP contribution in [0.25, 0.3) is 0 Å². The Morgan fingerprint density at radius 3 is 2.93 bits per heavy atom. The van der Waals surface area contributed by atoms with E-state index < -0.39 is 0 Å². The summed E-state index contributed by atoms with van der Waals surface area (Å²) in [6.45, 7) is 2.23. The first kappa shape index (κ1) is 9.85. The fourth-order valence-electron chi connectivity index (χ4n) is 2.26. The molecule has 4 heteroatoms. The first-order chi connectivity index (χ1) is 7.34. The molecule has 0 radical (unpaired) electrons. The maximum absolute atomic E-state index is 4.73. The Hall–Kier alpha value is -0.350. The van der Waals surface area contributed by atoms with E-state index in [1.807, 2.05) is 0 Å². The molecule has 1 saturated carbocycles. The van der Waals surface area contributed by atoms with Crippen LogP contribution >= 0.6 is 15.9 Å². The van der Waals surface area contributed by atoms with Crippen molar-refractivity contribution in [3.8, 4) is 0 Å². The van der Waals surface area contributed by atoms with Crippen molar-refractivity contribution in [3.05, 3.63) is 16.4 Å². The van der Waals surface area contributed by atoms with Gasteiger partial charge in [-0.25, -0.2) is 0 Å². The van der Waals surface area contributed by atoms with E-state index in [2.05, 4.69) is 32.1 Å². The molecular formula is C11H16BrN3. The second-order valence-electron chi connectivity index (χ2n) is 4.62. The third kappa shape index (κ3) is 1.97. The van der Waals surface area contributed by atoms with Crippen molar-refractivity contribution in [1.82, 2.24) is 15.1 Å². The van der Waals surface area contributed by atoms with Gasteiger partial charge < -0.3 is 5.32 Å². The summed E-state index contributed by atoms with van der Waals surface area (Å²) >= 11 is 3.62. The van der Waals surface area contributed by atoms with Crippen LogP contribution in [-0.2, 0) is 0 Å². The smallest absolute Gasteiger partial charge is 0.0797 e. The van der Waals surface area contributed by atoms with Crippen molar-refractivity contribution in [1.29, 1.82) is 0 Å². The zero-order chi connectivity index (χ0) is 10.3. The molecule has 82 valence electrons. The maximum atomic E-state index is 4.73. The average Bonchev–Trinajstić information content (AvgIpc) is 3.04.